The van der Waals surface area contributed by atoms with E-state index < -0.39 is 16.4 Å². The number of aryl methyl sites for hydroxylation is 1. The van der Waals surface area contributed by atoms with Gasteiger partial charge in [-0.05, 0) is 24.5 Å². The van der Waals surface area contributed by atoms with E-state index in [1.807, 2.05) is 0 Å². The van der Waals surface area contributed by atoms with E-state index in [-0.39, 0.29) is 22.5 Å². The van der Waals surface area contributed by atoms with Gasteiger partial charge in [-0.2, -0.15) is 5.10 Å². The van der Waals surface area contributed by atoms with Crippen LogP contribution in [0.5, 0.6) is 5.75 Å². The molecule has 1 atom stereocenters. The number of aromatic hydroxyl groups is 1. The Bertz CT molecular complexity index is 789. The molecule has 3 N–H and O–H groups in total. The smallest absolute Gasteiger partial charge is 0.314 e. The van der Waals surface area contributed by atoms with Crippen molar-refractivity contribution in [1.29, 1.82) is 0 Å². The summed E-state index contributed by atoms with van der Waals surface area (Å²) in [6.45, 7) is 0. The number of carbonyl (C=O) groups is 1. The number of aromatic amines is 1. The number of phenolic OH excluding ortho intramolecular Hbond substituents is 1. The zero-order valence-electron chi connectivity index (χ0n) is 11.9. The van der Waals surface area contributed by atoms with Crippen molar-refractivity contribution in [2.45, 2.75) is 19.3 Å². The van der Waals surface area contributed by atoms with Crippen LogP contribution in [-0.2, 0) is 17.6 Å². The van der Waals surface area contributed by atoms with E-state index in [4.69, 9.17) is 11.6 Å². The summed E-state index contributed by atoms with van der Waals surface area (Å²) >= 11 is 5.81. The fraction of sp³-hybridized carbons (Fsp3) is 0.286. The van der Waals surface area contributed by atoms with E-state index in [2.05, 4.69) is 15.5 Å². The average molecular weight is 337 g/mol. The highest BCUT2D eigenvalue weighted by Gasteiger charge is 2.27. The third-order valence-corrected chi connectivity index (χ3v) is 4.12. The maximum absolute atomic E-state index is 12.4. The van der Waals surface area contributed by atoms with Gasteiger partial charge in [0, 0.05) is 29.1 Å². The monoisotopic (exact) mass is 336 g/mol. The van der Waals surface area contributed by atoms with Crippen LogP contribution in [0.15, 0.2) is 18.3 Å². The number of halogens is 1. The first-order valence-corrected chi connectivity index (χ1v) is 7.32. The second-order valence-electron chi connectivity index (χ2n) is 5.38. The van der Waals surface area contributed by atoms with Crippen LogP contribution in [-0.4, -0.2) is 26.1 Å². The molecular formula is C14H13ClN4O4. The number of nitrogens with one attached hydrogen (secondary N) is 2. The SMILES string of the molecule is O=C(Nc1cc(Cl)cc([N+](=O)[O-])c1O)[C@@H]1CCc2cn[nH]c2C1. The standard InChI is InChI=1S/C14H13ClN4O4/c15-9-4-11(13(20)12(5-9)19(22)23)17-14(21)7-1-2-8-6-16-18-10(8)3-7/h4-7,20H,1-3H2,(H,16,18)(H,17,21)/t7-/m1/s1. The lowest BCUT2D eigenvalue weighted by Gasteiger charge is -2.21. The minimum absolute atomic E-state index is 0.0595. The van der Waals surface area contributed by atoms with E-state index in [1.165, 1.54) is 6.07 Å². The topological polar surface area (TPSA) is 121 Å². The molecule has 3 rings (SSSR count). The van der Waals surface area contributed by atoms with Gasteiger partial charge in [-0.3, -0.25) is 20.0 Å². The number of anilines is 1. The summed E-state index contributed by atoms with van der Waals surface area (Å²) in [6.07, 6.45) is 3.62. The van der Waals surface area contributed by atoms with Gasteiger partial charge >= 0.3 is 5.69 Å². The first-order chi connectivity index (χ1) is 11.0. The molecule has 2 aromatic rings. The molecule has 9 heteroatoms. The van der Waals surface area contributed by atoms with Gasteiger partial charge < -0.3 is 10.4 Å². The molecule has 23 heavy (non-hydrogen) atoms. The first kappa shape index (κ1) is 15.3. The van der Waals surface area contributed by atoms with Crippen LogP contribution in [0.25, 0.3) is 0 Å². The van der Waals surface area contributed by atoms with E-state index in [9.17, 15) is 20.0 Å². The van der Waals surface area contributed by atoms with Crippen molar-refractivity contribution in [3.05, 3.63) is 44.7 Å². The van der Waals surface area contributed by atoms with Gasteiger partial charge in [0.25, 0.3) is 0 Å². The Kier molecular flexibility index (Phi) is 3.91. The number of hydrogen-bond donors (Lipinski definition) is 3. The molecule has 1 amide bonds. The number of carbonyl (C=O) groups excluding carboxylic acids is 1. The Balaban J connectivity index is 1.80. The van der Waals surface area contributed by atoms with E-state index in [1.54, 1.807) is 6.20 Å². The maximum Gasteiger partial charge on any atom is 0.314 e. The lowest BCUT2D eigenvalue weighted by atomic mass is 9.87. The number of nitro groups is 1. The third kappa shape index (κ3) is 2.98. The number of fused-ring (bicyclic) bond motifs is 1. The van der Waals surface area contributed by atoms with Crippen LogP contribution in [0.1, 0.15) is 17.7 Å². The van der Waals surface area contributed by atoms with E-state index in [0.29, 0.717) is 12.8 Å². The van der Waals surface area contributed by atoms with Crippen molar-refractivity contribution in [3.8, 4) is 5.75 Å². The Morgan fingerprint density at radius 3 is 3.04 bits per heavy atom. The largest absolute Gasteiger partial charge is 0.501 e. The van der Waals surface area contributed by atoms with Gasteiger partial charge in [-0.15, -0.1) is 0 Å². The minimum Gasteiger partial charge on any atom is -0.501 e. The van der Waals surface area contributed by atoms with E-state index >= 15 is 0 Å². The van der Waals surface area contributed by atoms with Gasteiger partial charge in [-0.25, -0.2) is 0 Å². The number of rotatable bonds is 3. The van der Waals surface area contributed by atoms with Crippen molar-refractivity contribution in [3.63, 3.8) is 0 Å². The summed E-state index contributed by atoms with van der Waals surface area (Å²) in [5, 5.41) is 30.2. The molecule has 1 aromatic carbocycles. The van der Waals surface area contributed by atoms with Gasteiger partial charge in [0.05, 0.1) is 16.8 Å². The summed E-state index contributed by atoms with van der Waals surface area (Å²) in [5.41, 5.74) is 1.39. The summed E-state index contributed by atoms with van der Waals surface area (Å²) < 4.78 is 0. The van der Waals surface area contributed by atoms with Crippen LogP contribution in [0.4, 0.5) is 11.4 Å². The second-order valence-corrected chi connectivity index (χ2v) is 5.82. The number of benzene rings is 1. The molecule has 0 fully saturated rings. The number of H-pyrrole nitrogens is 1. The zero-order chi connectivity index (χ0) is 16.6. The van der Waals surface area contributed by atoms with Crippen molar-refractivity contribution < 1.29 is 14.8 Å². The fourth-order valence-corrected chi connectivity index (χ4v) is 2.90. The van der Waals surface area contributed by atoms with Gasteiger partial charge in [0.15, 0.2) is 0 Å². The summed E-state index contributed by atoms with van der Waals surface area (Å²) in [6, 6.07) is 2.32. The minimum atomic E-state index is -0.756. The molecule has 120 valence electrons. The molecule has 1 aliphatic carbocycles. The fourth-order valence-electron chi connectivity index (χ4n) is 2.69. The molecular weight excluding hydrogens is 324 g/mol. The maximum atomic E-state index is 12.4. The normalized spacial score (nSPS) is 16.7. The highest BCUT2D eigenvalue weighted by molar-refractivity contribution is 6.31. The van der Waals surface area contributed by atoms with Crippen LogP contribution in [0, 0.1) is 16.0 Å². The molecule has 1 aliphatic rings. The molecule has 1 heterocycles. The summed E-state index contributed by atoms with van der Waals surface area (Å²) in [4.78, 5) is 22.5. The highest BCUT2D eigenvalue weighted by atomic mass is 35.5. The second kappa shape index (κ2) is 5.88. The van der Waals surface area contributed by atoms with Crippen molar-refractivity contribution in [2.75, 3.05) is 5.32 Å². The highest BCUT2D eigenvalue weighted by Crippen LogP contribution is 2.37. The summed E-state index contributed by atoms with van der Waals surface area (Å²) in [5.74, 6) is -1.23. The molecule has 0 aliphatic heterocycles. The lowest BCUT2D eigenvalue weighted by molar-refractivity contribution is -0.385. The number of nitrogens with zero attached hydrogens (tertiary/aromatic N) is 2. The Labute approximate surface area is 135 Å². The Hall–Kier alpha value is -2.61. The number of amides is 1. The molecule has 0 saturated carbocycles. The Morgan fingerprint density at radius 1 is 1.52 bits per heavy atom. The van der Waals surface area contributed by atoms with Crippen LogP contribution >= 0.6 is 11.6 Å². The predicted molar refractivity (Wildman–Crippen MR) is 82.5 cm³/mol. The molecule has 1 aromatic heterocycles. The Morgan fingerprint density at radius 2 is 2.30 bits per heavy atom. The van der Waals surface area contributed by atoms with Crippen LogP contribution in [0.3, 0.4) is 0 Å². The number of hydrogen-bond acceptors (Lipinski definition) is 5. The first-order valence-electron chi connectivity index (χ1n) is 6.94. The molecule has 0 bridgehead atoms. The van der Waals surface area contributed by atoms with Crippen LogP contribution in [0.2, 0.25) is 5.02 Å². The third-order valence-electron chi connectivity index (χ3n) is 3.90. The number of phenols is 1. The number of nitro benzene ring substituents is 1. The quantitative estimate of drug-likeness (QED) is 0.451. The molecule has 0 saturated heterocycles. The van der Waals surface area contributed by atoms with Crippen molar-refractivity contribution >= 4 is 28.9 Å². The average Bonchev–Trinajstić information content (AvgIpc) is 2.97. The molecule has 0 spiro atoms. The molecule has 0 radical (unpaired) electrons. The van der Waals surface area contributed by atoms with Crippen molar-refractivity contribution in [2.24, 2.45) is 5.92 Å². The van der Waals surface area contributed by atoms with Gasteiger partial charge in [0.1, 0.15) is 0 Å². The van der Waals surface area contributed by atoms with Crippen LogP contribution < -0.4 is 5.32 Å². The number of aromatic nitrogens is 2. The van der Waals surface area contributed by atoms with Gasteiger partial charge in [0.2, 0.25) is 11.7 Å². The van der Waals surface area contributed by atoms with E-state index in [0.717, 1.165) is 23.7 Å². The van der Waals surface area contributed by atoms with Gasteiger partial charge in [-0.1, -0.05) is 11.6 Å². The van der Waals surface area contributed by atoms with Crippen molar-refractivity contribution in [1.82, 2.24) is 10.2 Å². The summed E-state index contributed by atoms with van der Waals surface area (Å²) in [7, 11) is 0. The predicted octanol–water partition coefficient (Wildman–Crippen LogP) is 2.42. The molecule has 0 unspecified atom stereocenters. The molecule has 8 nitrogen and oxygen atoms in total. The zero-order valence-corrected chi connectivity index (χ0v) is 12.6. The lowest BCUT2D eigenvalue weighted by Crippen LogP contribution is -2.28.